The number of anilines is 1. The van der Waals surface area contributed by atoms with Crippen molar-refractivity contribution in [2.75, 3.05) is 5.32 Å². The topological polar surface area (TPSA) is 75.4 Å². The van der Waals surface area contributed by atoms with Crippen LogP contribution in [-0.4, -0.2) is 22.1 Å². The lowest BCUT2D eigenvalue weighted by Crippen LogP contribution is -2.34. The molecule has 1 heterocycles. The quantitative estimate of drug-likeness (QED) is 0.874. The molecule has 0 saturated heterocycles. The number of nitrogens with zero attached hydrogens (tertiary/aromatic N) is 1. The molecule has 0 aliphatic rings. The van der Waals surface area contributed by atoms with Gasteiger partial charge in [0.25, 0.3) is 6.01 Å². The van der Waals surface area contributed by atoms with E-state index >= 15 is 0 Å². The molecule has 1 aromatic heterocycles. The predicted octanol–water partition coefficient (Wildman–Crippen LogP) is 2.49. The number of halogens is 1. The fourth-order valence-electron chi connectivity index (χ4n) is 1.62. The summed E-state index contributed by atoms with van der Waals surface area (Å²) in [5.74, 6) is -1.66. The van der Waals surface area contributed by atoms with Gasteiger partial charge in [-0.2, -0.15) is 4.98 Å². The smallest absolute Gasteiger partial charge is 0.326 e. The molecule has 2 aromatic rings. The number of aliphatic carboxylic acids is 1. The van der Waals surface area contributed by atoms with Crippen molar-refractivity contribution in [3.05, 3.63) is 24.0 Å². The van der Waals surface area contributed by atoms with Crippen molar-refractivity contribution in [3.8, 4) is 0 Å². The van der Waals surface area contributed by atoms with E-state index in [4.69, 9.17) is 9.52 Å². The van der Waals surface area contributed by atoms with Crippen LogP contribution in [0.2, 0.25) is 0 Å². The van der Waals surface area contributed by atoms with Crippen LogP contribution in [0.5, 0.6) is 0 Å². The molecular weight excluding hydrogens is 239 g/mol. The Kier molecular flexibility index (Phi) is 3.18. The second kappa shape index (κ2) is 4.64. The highest BCUT2D eigenvalue weighted by Gasteiger charge is 2.23. The summed E-state index contributed by atoms with van der Waals surface area (Å²) >= 11 is 0. The Morgan fingerprint density at radius 3 is 2.78 bits per heavy atom. The van der Waals surface area contributed by atoms with E-state index in [9.17, 15) is 9.18 Å². The number of hydrogen-bond donors (Lipinski definition) is 2. The van der Waals surface area contributed by atoms with Gasteiger partial charge in [-0.05, 0) is 18.1 Å². The summed E-state index contributed by atoms with van der Waals surface area (Å²) in [5, 5.41) is 11.7. The van der Waals surface area contributed by atoms with Gasteiger partial charge in [-0.15, -0.1) is 0 Å². The van der Waals surface area contributed by atoms with Crippen LogP contribution in [-0.2, 0) is 4.79 Å². The predicted molar refractivity (Wildman–Crippen MR) is 63.9 cm³/mol. The van der Waals surface area contributed by atoms with Crippen molar-refractivity contribution in [1.82, 2.24) is 4.98 Å². The summed E-state index contributed by atoms with van der Waals surface area (Å²) in [4.78, 5) is 14.9. The van der Waals surface area contributed by atoms with E-state index in [1.165, 1.54) is 12.1 Å². The van der Waals surface area contributed by atoms with E-state index in [1.54, 1.807) is 19.9 Å². The van der Waals surface area contributed by atoms with E-state index in [0.29, 0.717) is 0 Å². The van der Waals surface area contributed by atoms with Crippen LogP contribution in [0.15, 0.2) is 22.6 Å². The minimum Gasteiger partial charge on any atom is -0.480 e. The second-order valence-electron chi connectivity index (χ2n) is 4.31. The van der Waals surface area contributed by atoms with Crippen molar-refractivity contribution in [2.45, 2.75) is 19.9 Å². The van der Waals surface area contributed by atoms with E-state index in [2.05, 4.69) is 10.3 Å². The fraction of sp³-hybridized carbons (Fsp3) is 0.333. The standard InChI is InChI=1S/C12H13FN2O3/c1-6(2)9(11(16)17)14-12-15-10-7(13)4-3-5-8(10)18-12/h3-6,9H,1-2H3,(H,14,15)(H,16,17)/t9-/m1/s1. The summed E-state index contributed by atoms with van der Waals surface area (Å²) in [6, 6.07) is 3.52. The van der Waals surface area contributed by atoms with Crippen LogP contribution in [0, 0.1) is 11.7 Å². The fourth-order valence-corrected chi connectivity index (χ4v) is 1.62. The number of nitrogens with one attached hydrogen (secondary N) is 1. The van der Waals surface area contributed by atoms with E-state index in [0.717, 1.165) is 0 Å². The molecule has 0 radical (unpaired) electrons. The maximum atomic E-state index is 13.4. The Bertz CT molecular complexity index is 580. The highest BCUT2D eigenvalue weighted by atomic mass is 19.1. The molecule has 0 spiro atoms. The first-order valence-electron chi connectivity index (χ1n) is 5.53. The number of benzene rings is 1. The highest BCUT2D eigenvalue weighted by Crippen LogP contribution is 2.22. The molecule has 0 fully saturated rings. The summed E-state index contributed by atoms with van der Waals surface area (Å²) in [7, 11) is 0. The summed E-state index contributed by atoms with van der Waals surface area (Å²) in [5.41, 5.74) is 0.373. The van der Waals surface area contributed by atoms with Crippen LogP contribution in [0.3, 0.4) is 0 Å². The molecule has 0 amide bonds. The molecular formula is C12H13FN2O3. The zero-order chi connectivity index (χ0) is 13.3. The van der Waals surface area contributed by atoms with Crippen molar-refractivity contribution in [1.29, 1.82) is 0 Å². The molecule has 96 valence electrons. The Morgan fingerprint density at radius 1 is 1.50 bits per heavy atom. The minimum atomic E-state index is -1.01. The van der Waals surface area contributed by atoms with Gasteiger partial charge in [-0.25, -0.2) is 9.18 Å². The number of carboxylic acid groups (broad SMARTS) is 1. The Labute approximate surface area is 103 Å². The van der Waals surface area contributed by atoms with E-state index in [-0.39, 0.29) is 23.0 Å². The zero-order valence-electron chi connectivity index (χ0n) is 9.98. The van der Waals surface area contributed by atoms with Gasteiger partial charge >= 0.3 is 5.97 Å². The van der Waals surface area contributed by atoms with Crippen LogP contribution in [0.1, 0.15) is 13.8 Å². The lowest BCUT2D eigenvalue weighted by molar-refractivity contribution is -0.138. The van der Waals surface area contributed by atoms with Crippen LogP contribution in [0.25, 0.3) is 11.1 Å². The number of aromatic nitrogens is 1. The molecule has 2 N–H and O–H groups in total. The largest absolute Gasteiger partial charge is 0.480 e. The van der Waals surface area contributed by atoms with Gasteiger partial charge in [0.05, 0.1) is 0 Å². The van der Waals surface area contributed by atoms with Gasteiger partial charge in [0.1, 0.15) is 11.6 Å². The Morgan fingerprint density at radius 2 is 2.22 bits per heavy atom. The number of para-hydroxylation sites is 1. The molecule has 0 aliphatic carbocycles. The molecule has 1 aromatic carbocycles. The highest BCUT2D eigenvalue weighted by molar-refractivity contribution is 5.79. The first kappa shape index (κ1) is 12.3. The van der Waals surface area contributed by atoms with E-state index < -0.39 is 17.8 Å². The summed E-state index contributed by atoms with van der Waals surface area (Å²) < 4.78 is 18.6. The average molecular weight is 252 g/mol. The number of oxazole rings is 1. The first-order valence-corrected chi connectivity index (χ1v) is 5.53. The number of fused-ring (bicyclic) bond motifs is 1. The molecule has 1 atom stereocenters. The molecule has 5 nitrogen and oxygen atoms in total. The molecule has 6 heteroatoms. The molecule has 0 saturated carbocycles. The zero-order valence-corrected chi connectivity index (χ0v) is 9.98. The SMILES string of the molecule is CC(C)[C@@H](Nc1nc2c(F)cccc2o1)C(=O)O. The maximum Gasteiger partial charge on any atom is 0.326 e. The van der Waals surface area contributed by atoms with Crippen LogP contribution in [0.4, 0.5) is 10.4 Å². The third-order valence-electron chi connectivity index (χ3n) is 2.58. The average Bonchev–Trinajstić information content (AvgIpc) is 2.69. The van der Waals surface area contributed by atoms with Crippen molar-refractivity contribution < 1.29 is 18.7 Å². The number of hydrogen-bond acceptors (Lipinski definition) is 4. The Hall–Kier alpha value is -2.11. The molecule has 0 aliphatic heterocycles. The van der Waals surface area contributed by atoms with Crippen LogP contribution < -0.4 is 5.32 Å². The summed E-state index contributed by atoms with van der Waals surface area (Å²) in [6.45, 7) is 3.52. The van der Waals surface area contributed by atoms with Gasteiger partial charge in [-0.3, -0.25) is 0 Å². The van der Waals surface area contributed by atoms with Gasteiger partial charge < -0.3 is 14.8 Å². The second-order valence-corrected chi connectivity index (χ2v) is 4.31. The minimum absolute atomic E-state index is 0.0104. The van der Waals surface area contributed by atoms with Crippen molar-refractivity contribution >= 4 is 23.1 Å². The normalized spacial score (nSPS) is 12.9. The Balaban J connectivity index is 2.32. The number of carbonyl (C=O) groups is 1. The number of carboxylic acids is 1. The summed E-state index contributed by atoms with van der Waals surface area (Å²) in [6.07, 6.45) is 0. The molecule has 18 heavy (non-hydrogen) atoms. The van der Waals surface area contributed by atoms with Crippen molar-refractivity contribution in [2.24, 2.45) is 5.92 Å². The van der Waals surface area contributed by atoms with Gasteiger partial charge in [-0.1, -0.05) is 19.9 Å². The molecule has 2 rings (SSSR count). The molecule has 0 unspecified atom stereocenters. The van der Waals surface area contributed by atoms with Gasteiger partial charge in [0.2, 0.25) is 0 Å². The third-order valence-corrected chi connectivity index (χ3v) is 2.58. The van der Waals surface area contributed by atoms with Gasteiger partial charge in [0, 0.05) is 0 Å². The van der Waals surface area contributed by atoms with E-state index in [1.807, 2.05) is 0 Å². The molecule has 0 bridgehead atoms. The lowest BCUT2D eigenvalue weighted by Gasteiger charge is -2.15. The van der Waals surface area contributed by atoms with Gasteiger partial charge in [0.15, 0.2) is 11.4 Å². The van der Waals surface area contributed by atoms with Crippen LogP contribution >= 0.6 is 0 Å². The monoisotopic (exact) mass is 252 g/mol. The maximum absolute atomic E-state index is 13.4. The first-order chi connectivity index (χ1) is 8.49. The third kappa shape index (κ3) is 2.27. The number of rotatable bonds is 4. The lowest BCUT2D eigenvalue weighted by atomic mass is 10.1. The van der Waals surface area contributed by atoms with Crippen molar-refractivity contribution in [3.63, 3.8) is 0 Å².